The van der Waals surface area contributed by atoms with Gasteiger partial charge in [0.15, 0.2) is 0 Å². The van der Waals surface area contributed by atoms with Crippen molar-refractivity contribution in [2.24, 2.45) is 5.90 Å². The van der Waals surface area contributed by atoms with E-state index in [-0.39, 0.29) is 0 Å². The molecule has 72 valence electrons. The molecular weight excluding hydrogens is 168 g/mol. The molecule has 0 aliphatic heterocycles. The lowest BCUT2D eigenvalue weighted by atomic mass is 10.2. The second-order valence-corrected chi connectivity index (χ2v) is 3.44. The van der Waals surface area contributed by atoms with Gasteiger partial charge in [-0.1, -0.05) is 18.1 Å². The van der Waals surface area contributed by atoms with Gasteiger partial charge in [-0.05, 0) is 12.8 Å². The van der Waals surface area contributed by atoms with Crippen LogP contribution >= 0.6 is 0 Å². The maximum Gasteiger partial charge on any atom is 0.113 e. The van der Waals surface area contributed by atoms with Crippen molar-refractivity contribution in [3.8, 4) is 0 Å². The van der Waals surface area contributed by atoms with Gasteiger partial charge in [0.05, 0.1) is 12.2 Å². The molecule has 2 N–H and O–H groups in total. The van der Waals surface area contributed by atoms with Gasteiger partial charge in [-0.3, -0.25) is 4.84 Å². The van der Waals surface area contributed by atoms with Gasteiger partial charge in [0.25, 0.3) is 0 Å². The molecule has 1 heterocycles. The molecule has 0 aromatic carbocycles. The van der Waals surface area contributed by atoms with E-state index >= 15 is 0 Å². The molecule has 0 atom stereocenters. The highest BCUT2D eigenvalue weighted by Crippen LogP contribution is 2.28. The van der Waals surface area contributed by atoms with Crippen LogP contribution in [-0.2, 0) is 11.4 Å². The van der Waals surface area contributed by atoms with Crippen molar-refractivity contribution in [1.82, 2.24) is 15.0 Å². The molecule has 5 heteroatoms. The zero-order chi connectivity index (χ0) is 9.10. The lowest BCUT2D eigenvalue weighted by Gasteiger charge is -2.06. The minimum absolute atomic E-state index is 0.340. The summed E-state index contributed by atoms with van der Waals surface area (Å²) >= 11 is 0. The van der Waals surface area contributed by atoms with Crippen LogP contribution in [0.25, 0.3) is 0 Å². The van der Waals surface area contributed by atoms with Crippen molar-refractivity contribution in [1.29, 1.82) is 0 Å². The summed E-state index contributed by atoms with van der Waals surface area (Å²) in [5.41, 5.74) is 0.800. The Labute approximate surface area is 76.8 Å². The SMILES string of the molecule is NOCc1cn(C2CCCC2)nn1. The third-order valence-electron chi connectivity index (χ3n) is 2.49. The average Bonchev–Trinajstić information content (AvgIpc) is 2.70. The summed E-state index contributed by atoms with van der Waals surface area (Å²) in [6, 6.07) is 0.541. The van der Waals surface area contributed by atoms with Crippen molar-refractivity contribution in [3.05, 3.63) is 11.9 Å². The molecule has 1 aromatic heterocycles. The van der Waals surface area contributed by atoms with Crippen molar-refractivity contribution in [2.45, 2.75) is 38.3 Å². The van der Waals surface area contributed by atoms with E-state index in [1.807, 2.05) is 10.9 Å². The molecule has 5 nitrogen and oxygen atoms in total. The molecule has 0 saturated heterocycles. The highest BCUT2D eigenvalue weighted by atomic mass is 16.6. The number of nitrogens with two attached hydrogens (primary N) is 1. The first-order chi connectivity index (χ1) is 6.40. The highest BCUT2D eigenvalue weighted by Gasteiger charge is 2.17. The van der Waals surface area contributed by atoms with E-state index in [0.29, 0.717) is 12.6 Å². The fraction of sp³-hybridized carbons (Fsp3) is 0.750. The van der Waals surface area contributed by atoms with Crippen LogP contribution in [0.15, 0.2) is 6.20 Å². The molecule has 1 fully saturated rings. The standard InChI is InChI=1S/C8H14N4O/c9-13-6-7-5-12(11-10-7)8-3-1-2-4-8/h5,8H,1-4,6,9H2. The Morgan fingerprint density at radius 2 is 2.31 bits per heavy atom. The summed E-state index contributed by atoms with van der Waals surface area (Å²) in [5.74, 6) is 4.95. The molecule has 1 aliphatic rings. The third kappa shape index (κ3) is 1.87. The fourth-order valence-corrected chi connectivity index (χ4v) is 1.81. The van der Waals surface area contributed by atoms with Crippen LogP contribution in [0.1, 0.15) is 37.4 Å². The Kier molecular flexibility index (Phi) is 2.56. The Hall–Kier alpha value is -0.940. The van der Waals surface area contributed by atoms with E-state index in [4.69, 9.17) is 5.90 Å². The van der Waals surface area contributed by atoms with Crippen LogP contribution in [0, 0.1) is 0 Å². The van der Waals surface area contributed by atoms with Gasteiger partial charge in [0, 0.05) is 0 Å². The summed E-state index contributed by atoms with van der Waals surface area (Å²) in [7, 11) is 0. The quantitative estimate of drug-likeness (QED) is 0.701. The van der Waals surface area contributed by atoms with E-state index in [0.717, 1.165) is 5.69 Å². The second-order valence-electron chi connectivity index (χ2n) is 3.44. The Bertz CT molecular complexity index is 267. The van der Waals surface area contributed by atoms with Gasteiger partial charge in [-0.25, -0.2) is 10.6 Å². The number of hydrogen-bond acceptors (Lipinski definition) is 4. The van der Waals surface area contributed by atoms with Gasteiger partial charge in [0.1, 0.15) is 12.3 Å². The molecule has 0 amide bonds. The van der Waals surface area contributed by atoms with E-state index in [1.165, 1.54) is 25.7 Å². The van der Waals surface area contributed by atoms with Crippen LogP contribution in [0.2, 0.25) is 0 Å². The molecule has 0 spiro atoms. The molecule has 13 heavy (non-hydrogen) atoms. The third-order valence-corrected chi connectivity index (χ3v) is 2.49. The summed E-state index contributed by atoms with van der Waals surface area (Å²) in [6.45, 7) is 0.340. The molecule has 0 bridgehead atoms. The summed E-state index contributed by atoms with van der Waals surface area (Å²) in [5, 5.41) is 8.01. The Balaban J connectivity index is 2.03. The molecule has 2 rings (SSSR count). The van der Waals surface area contributed by atoms with Gasteiger partial charge in [-0.2, -0.15) is 0 Å². The van der Waals surface area contributed by atoms with E-state index in [1.54, 1.807) is 0 Å². The molecular formula is C8H14N4O. The fourth-order valence-electron chi connectivity index (χ4n) is 1.81. The van der Waals surface area contributed by atoms with E-state index < -0.39 is 0 Å². The van der Waals surface area contributed by atoms with Gasteiger partial charge in [-0.15, -0.1) is 5.10 Å². The van der Waals surface area contributed by atoms with Crippen LogP contribution < -0.4 is 5.90 Å². The first-order valence-electron chi connectivity index (χ1n) is 4.62. The first-order valence-corrected chi connectivity index (χ1v) is 4.62. The number of rotatable bonds is 3. The minimum Gasteiger partial charge on any atom is -0.298 e. The highest BCUT2D eigenvalue weighted by molar-refractivity contribution is 4.91. The monoisotopic (exact) mass is 182 g/mol. The smallest absolute Gasteiger partial charge is 0.113 e. The normalized spacial score (nSPS) is 18.2. The largest absolute Gasteiger partial charge is 0.298 e. The second kappa shape index (κ2) is 3.85. The lowest BCUT2D eigenvalue weighted by Crippen LogP contribution is -2.05. The van der Waals surface area contributed by atoms with Crippen molar-refractivity contribution in [2.75, 3.05) is 0 Å². The number of aromatic nitrogens is 3. The topological polar surface area (TPSA) is 66.0 Å². The van der Waals surface area contributed by atoms with Gasteiger partial charge in [0.2, 0.25) is 0 Å². The molecule has 0 unspecified atom stereocenters. The van der Waals surface area contributed by atoms with Crippen LogP contribution in [0.5, 0.6) is 0 Å². The average molecular weight is 182 g/mol. The van der Waals surface area contributed by atoms with Crippen LogP contribution in [0.4, 0.5) is 0 Å². The zero-order valence-corrected chi connectivity index (χ0v) is 7.52. The first kappa shape index (κ1) is 8.65. The minimum atomic E-state index is 0.340. The predicted molar refractivity (Wildman–Crippen MR) is 46.5 cm³/mol. The Morgan fingerprint density at radius 3 is 3.00 bits per heavy atom. The van der Waals surface area contributed by atoms with Crippen LogP contribution in [0.3, 0.4) is 0 Å². The van der Waals surface area contributed by atoms with E-state index in [2.05, 4.69) is 15.1 Å². The summed E-state index contributed by atoms with van der Waals surface area (Å²) < 4.78 is 1.93. The predicted octanol–water partition coefficient (Wildman–Crippen LogP) is 0.783. The molecule has 1 saturated carbocycles. The molecule has 1 aliphatic carbocycles. The summed E-state index contributed by atoms with van der Waals surface area (Å²) in [4.78, 5) is 4.49. The number of nitrogens with zero attached hydrogens (tertiary/aromatic N) is 3. The zero-order valence-electron chi connectivity index (χ0n) is 7.52. The summed E-state index contributed by atoms with van der Waals surface area (Å²) in [6.07, 6.45) is 6.95. The maximum absolute atomic E-state index is 4.95. The van der Waals surface area contributed by atoms with Crippen molar-refractivity contribution in [3.63, 3.8) is 0 Å². The Morgan fingerprint density at radius 1 is 1.54 bits per heavy atom. The van der Waals surface area contributed by atoms with E-state index in [9.17, 15) is 0 Å². The molecule has 1 aromatic rings. The number of hydrogen-bond donors (Lipinski definition) is 1. The molecule has 0 radical (unpaired) electrons. The van der Waals surface area contributed by atoms with Gasteiger partial charge < -0.3 is 0 Å². The van der Waals surface area contributed by atoms with Gasteiger partial charge >= 0.3 is 0 Å². The lowest BCUT2D eigenvalue weighted by molar-refractivity contribution is 0.121. The van der Waals surface area contributed by atoms with Crippen LogP contribution in [-0.4, -0.2) is 15.0 Å². The van der Waals surface area contributed by atoms with Crippen molar-refractivity contribution < 1.29 is 4.84 Å². The maximum atomic E-state index is 4.95. The van der Waals surface area contributed by atoms with Crippen molar-refractivity contribution >= 4 is 0 Å².